The van der Waals surface area contributed by atoms with Crippen LogP contribution in [0.4, 0.5) is 0 Å². The summed E-state index contributed by atoms with van der Waals surface area (Å²) in [5.74, 6) is 0.357. The molecule has 0 aliphatic heterocycles. The first-order chi connectivity index (χ1) is 7.26. The molecule has 1 aromatic heterocycles. The summed E-state index contributed by atoms with van der Waals surface area (Å²) in [6.07, 6.45) is 1.66. The number of thiophene rings is 1. The number of hydrogen-bond donors (Lipinski definition) is 0. The number of carbonyl (C=O) groups excluding carboxylic acids is 1. The highest BCUT2D eigenvalue weighted by atomic mass is 32.1. The summed E-state index contributed by atoms with van der Waals surface area (Å²) in [6, 6.07) is 4.18. The van der Waals surface area contributed by atoms with Crippen LogP contribution in [0.25, 0.3) is 0 Å². The van der Waals surface area contributed by atoms with Gasteiger partial charge in [-0.3, -0.25) is 9.69 Å². The molecule has 1 aromatic rings. The van der Waals surface area contributed by atoms with Crippen LogP contribution in [-0.2, 0) is 11.3 Å². The molecule has 0 radical (unpaired) electrons. The van der Waals surface area contributed by atoms with E-state index in [0.29, 0.717) is 18.7 Å². The number of rotatable bonds is 7. The van der Waals surface area contributed by atoms with Gasteiger partial charge in [-0.2, -0.15) is 0 Å². The quantitative estimate of drug-likeness (QED) is 0.711. The van der Waals surface area contributed by atoms with Gasteiger partial charge in [0, 0.05) is 17.8 Å². The van der Waals surface area contributed by atoms with E-state index in [1.807, 2.05) is 6.92 Å². The predicted molar refractivity (Wildman–Crippen MR) is 65.2 cm³/mol. The summed E-state index contributed by atoms with van der Waals surface area (Å²) in [4.78, 5) is 15.0. The van der Waals surface area contributed by atoms with Gasteiger partial charge >= 0.3 is 0 Å². The third-order valence-corrected chi connectivity index (χ3v) is 3.20. The smallest absolute Gasteiger partial charge is 0.146 e. The molecule has 0 saturated carbocycles. The SMILES string of the molecule is CCCC(=O)CN(CC)Cc1cccs1. The van der Waals surface area contributed by atoms with Crippen molar-refractivity contribution in [3.05, 3.63) is 22.4 Å². The van der Waals surface area contributed by atoms with Crippen LogP contribution in [-0.4, -0.2) is 23.8 Å². The van der Waals surface area contributed by atoms with Gasteiger partial charge in [-0.25, -0.2) is 0 Å². The zero-order valence-corrected chi connectivity index (χ0v) is 10.3. The van der Waals surface area contributed by atoms with Gasteiger partial charge in [-0.1, -0.05) is 19.9 Å². The molecule has 0 bridgehead atoms. The van der Waals surface area contributed by atoms with E-state index in [1.54, 1.807) is 11.3 Å². The van der Waals surface area contributed by atoms with Crippen LogP contribution in [0.3, 0.4) is 0 Å². The molecule has 0 atom stereocenters. The number of likely N-dealkylation sites (N-methyl/N-ethyl adjacent to an activating group) is 1. The third-order valence-electron chi connectivity index (χ3n) is 2.34. The fourth-order valence-electron chi connectivity index (χ4n) is 1.51. The van der Waals surface area contributed by atoms with E-state index in [-0.39, 0.29) is 0 Å². The lowest BCUT2D eigenvalue weighted by Gasteiger charge is -2.18. The Balaban J connectivity index is 2.39. The molecule has 0 aliphatic rings. The van der Waals surface area contributed by atoms with E-state index in [9.17, 15) is 4.79 Å². The number of Topliss-reactive ketones (excluding diaryl/α,β-unsaturated/α-hetero) is 1. The maximum Gasteiger partial charge on any atom is 0.146 e. The van der Waals surface area contributed by atoms with Crippen LogP contribution in [0.15, 0.2) is 17.5 Å². The largest absolute Gasteiger partial charge is 0.298 e. The maximum absolute atomic E-state index is 11.5. The van der Waals surface area contributed by atoms with Crippen molar-refractivity contribution in [2.45, 2.75) is 33.2 Å². The van der Waals surface area contributed by atoms with Gasteiger partial charge in [0.1, 0.15) is 5.78 Å². The van der Waals surface area contributed by atoms with Gasteiger partial charge in [-0.05, 0) is 24.4 Å². The molecular weight excluding hydrogens is 206 g/mol. The minimum Gasteiger partial charge on any atom is -0.298 e. The van der Waals surface area contributed by atoms with Crippen molar-refractivity contribution in [2.75, 3.05) is 13.1 Å². The van der Waals surface area contributed by atoms with Crippen molar-refractivity contribution < 1.29 is 4.79 Å². The molecule has 15 heavy (non-hydrogen) atoms. The number of ketones is 1. The summed E-state index contributed by atoms with van der Waals surface area (Å²) < 4.78 is 0. The molecule has 0 saturated heterocycles. The predicted octanol–water partition coefficient (Wildman–Crippen LogP) is 2.94. The molecule has 0 aromatic carbocycles. The average Bonchev–Trinajstić information content (AvgIpc) is 2.70. The van der Waals surface area contributed by atoms with Gasteiger partial charge in [0.15, 0.2) is 0 Å². The zero-order chi connectivity index (χ0) is 11.1. The Hall–Kier alpha value is -0.670. The molecule has 0 aliphatic carbocycles. The van der Waals surface area contributed by atoms with Crippen molar-refractivity contribution >= 4 is 17.1 Å². The monoisotopic (exact) mass is 225 g/mol. The molecule has 84 valence electrons. The first-order valence-electron chi connectivity index (χ1n) is 5.52. The van der Waals surface area contributed by atoms with E-state index in [1.165, 1.54) is 4.88 Å². The van der Waals surface area contributed by atoms with Gasteiger partial charge < -0.3 is 0 Å². The Morgan fingerprint density at radius 2 is 2.27 bits per heavy atom. The second-order valence-electron chi connectivity index (χ2n) is 3.67. The van der Waals surface area contributed by atoms with Crippen LogP contribution >= 0.6 is 11.3 Å². The van der Waals surface area contributed by atoms with Gasteiger partial charge in [0.25, 0.3) is 0 Å². The molecule has 3 heteroatoms. The van der Waals surface area contributed by atoms with Gasteiger partial charge in [-0.15, -0.1) is 11.3 Å². The van der Waals surface area contributed by atoms with Crippen LogP contribution < -0.4 is 0 Å². The number of carbonyl (C=O) groups is 1. The molecule has 0 fully saturated rings. The molecule has 0 unspecified atom stereocenters. The van der Waals surface area contributed by atoms with Crippen molar-refractivity contribution in [3.63, 3.8) is 0 Å². The van der Waals surface area contributed by atoms with E-state index >= 15 is 0 Å². The minimum atomic E-state index is 0.357. The van der Waals surface area contributed by atoms with Crippen molar-refractivity contribution in [1.82, 2.24) is 4.90 Å². The molecule has 0 spiro atoms. The lowest BCUT2D eigenvalue weighted by molar-refractivity contribution is -0.120. The number of hydrogen-bond acceptors (Lipinski definition) is 3. The van der Waals surface area contributed by atoms with Crippen LogP contribution in [0, 0.1) is 0 Å². The van der Waals surface area contributed by atoms with Crippen LogP contribution in [0.2, 0.25) is 0 Å². The highest BCUT2D eigenvalue weighted by Crippen LogP contribution is 2.11. The standard InChI is InChI=1S/C12H19NOS/c1-3-6-11(14)9-13(4-2)10-12-7-5-8-15-12/h5,7-8H,3-4,6,9-10H2,1-2H3. The summed E-state index contributed by atoms with van der Waals surface area (Å²) in [5, 5.41) is 2.08. The summed E-state index contributed by atoms with van der Waals surface area (Å²) in [5.41, 5.74) is 0. The molecule has 1 heterocycles. The van der Waals surface area contributed by atoms with Crippen LogP contribution in [0.1, 0.15) is 31.6 Å². The van der Waals surface area contributed by atoms with Crippen LogP contribution in [0.5, 0.6) is 0 Å². The Morgan fingerprint density at radius 1 is 1.47 bits per heavy atom. The summed E-state index contributed by atoms with van der Waals surface area (Å²) >= 11 is 1.75. The van der Waals surface area contributed by atoms with Gasteiger partial charge in [0.2, 0.25) is 0 Å². The fraction of sp³-hybridized carbons (Fsp3) is 0.583. The summed E-state index contributed by atoms with van der Waals surface area (Å²) in [7, 11) is 0. The number of nitrogens with zero attached hydrogens (tertiary/aromatic N) is 1. The second kappa shape index (κ2) is 6.75. The molecule has 0 amide bonds. The second-order valence-corrected chi connectivity index (χ2v) is 4.70. The molecule has 2 nitrogen and oxygen atoms in total. The lowest BCUT2D eigenvalue weighted by Crippen LogP contribution is -2.28. The average molecular weight is 225 g/mol. The Bertz CT molecular complexity index is 282. The lowest BCUT2D eigenvalue weighted by atomic mass is 10.2. The highest BCUT2D eigenvalue weighted by Gasteiger charge is 2.09. The Morgan fingerprint density at radius 3 is 2.80 bits per heavy atom. The van der Waals surface area contributed by atoms with Crippen molar-refractivity contribution in [2.24, 2.45) is 0 Å². The Labute approximate surface area is 95.9 Å². The first-order valence-corrected chi connectivity index (χ1v) is 6.40. The zero-order valence-electron chi connectivity index (χ0n) is 9.53. The van der Waals surface area contributed by atoms with E-state index in [2.05, 4.69) is 29.3 Å². The van der Waals surface area contributed by atoms with Crippen molar-refractivity contribution in [3.8, 4) is 0 Å². The summed E-state index contributed by atoms with van der Waals surface area (Å²) in [6.45, 7) is 6.60. The molecule has 1 rings (SSSR count). The van der Waals surface area contributed by atoms with Gasteiger partial charge in [0.05, 0.1) is 6.54 Å². The fourth-order valence-corrected chi connectivity index (χ4v) is 2.26. The third kappa shape index (κ3) is 4.58. The highest BCUT2D eigenvalue weighted by molar-refractivity contribution is 7.09. The topological polar surface area (TPSA) is 20.3 Å². The van der Waals surface area contributed by atoms with Crippen molar-refractivity contribution in [1.29, 1.82) is 0 Å². The van der Waals surface area contributed by atoms with E-state index < -0.39 is 0 Å². The molecule has 0 N–H and O–H groups in total. The molecular formula is C12H19NOS. The first kappa shape index (κ1) is 12.4. The minimum absolute atomic E-state index is 0.357. The maximum atomic E-state index is 11.5. The Kier molecular flexibility index (Phi) is 5.58. The van der Waals surface area contributed by atoms with E-state index in [0.717, 1.165) is 19.5 Å². The normalized spacial score (nSPS) is 10.9. The van der Waals surface area contributed by atoms with E-state index in [4.69, 9.17) is 0 Å².